The Morgan fingerprint density at radius 2 is 1.78 bits per heavy atom. The fraction of sp³-hybridized carbons (Fsp3) is 0.167. The fourth-order valence-electron chi connectivity index (χ4n) is 2.47. The van der Waals surface area contributed by atoms with Crippen molar-refractivity contribution in [2.75, 3.05) is 0 Å². The lowest BCUT2D eigenvalue weighted by atomic mass is 10.1. The van der Waals surface area contributed by atoms with Gasteiger partial charge in [-0.25, -0.2) is 13.8 Å². The first-order valence-corrected chi connectivity index (χ1v) is 7.99. The molecular formula is C18H15BrF2N2. The Morgan fingerprint density at radius 3 is 2.43 bits per heavy atom. The van der Waals surface area contributed by atoms with E-state index in [1.165, 1.54) is 12.1 Å². The summed E-state index contributed by atoms with van der Waals surface area (Å²) in [6.07, 6.45) is -0.654. The minimum atomic E-state index is -2.45. The van der Waals surface area contributed by atoms with Crippen LogP contribution in [0.15, 0.2) is 59.2 Å². The van der Waals surface area contributed by atoms with Crippen LogP contribution in [0.1, 0.15) is 23.2 Å². The minimum absolute atomic E-state index is 0.0226. The van der Waals surface area contributed by atoms with E-state index in [1.54, 1.807) is 18.3 Å². The summed E-state index contributed by atoms with van der Waals surface area (Å²) < 4.78 is 28.5. The summed E-state index contributed by atoms with van der Waals surface area (Å²) in [6, 6.07) is 14.3. The highest BCUT2D eigenvalue weighted by atomic mass is 79.9. The second-order valence-electron chi connectivity index (χ2n) is 5.32. The smallest absolute Gasteiger partial charge is 0.263 e. The minimum Gasteiger partial charge on any atom is -0.324 e. The van der Waals surface area contributed by atoms with Crippen molar-refractivity contribution in [3.63, 3.8) is 0 Å². The maximum atomic E-state index is 12.7. The molecule has 1 aromatic heterocycles. The predicted molar refractivity (Wildman–Crippen MR) is 90.6 cm³/mol. The summed E-state index contributed by atoms with van der Waals surface area (Å²) in [6.45, 7) is 2.65. The van der Waals surface area contributed by atoms with Crippen molar-refractivity contribution >= 4 is 15.9 Å². The number of benzene rings is 2. The van der Waals surface area contributed by atoms with E-state index >= 15 is 0 Å². The first-order chi connectivity index (χ1) is 11.1. The molecule has 5 heteroatoms. The number of alkyl halides is 2. The van der Waals surface area contributed by atoms with Crippen LogP contribution < -0.4 is 0 Å². The van der Waals surface area contributed by atoms with Crippen molar-refractivity contribution in [1.29, 1.82) is 0 Å². The number of hydrogen-bond acceptors (Lipinski definition) is 1. The summed E-state index contributed by atoms with van der Waals surface area (Å²) in [4.78, 5) is 4.45. The molecule has 0 aliphatic heterocycles. The number of imidazole rings is 1. The van der Waals surface area contributed by atoms with Crippen LogP contribution in [-0.2, 0) is 6.54 Å². The van der Waals surface area contributed by atoms with Crippen molar-refractivity contribution in [3.8, 4) is 11.4 Å². The van der Waals surface area contributed by atoms with Gasteiger partial charge in [0.1, 0.15) is 5.82 Å². The number of aryl methyl sites for hydroxylation is 1. The molecule has 2 nitrogen and oxygen atoms in total. The zero-order chi connectivity index (χ0) is 16.4. The zero-order valence-corrected chi connectivity index (χ0v) is 14.1. The predicted octanol–water partition coefficient (Wildman–Crippen LogP) is 5.61. The molecule has 0 fully saturated rings. The molecule has 3 rings (SSSR count). The normalized spacial score (nSPS) is 11.2. The fourth-order valence-corrected chi connectivity index (χ4v) is 2.88. The molecule has 0 atom stereocenters. The average molecular weight is 377 g/mol. The van der Waals surface area contributed by atoms with Gasteiger partial charge in [-0.3, -0.25) is 0 Å². The Bertz CT molecular complexity index is 810. The van der Waals surface area contributed by atoms with Gasteiger partial charge >= 0.3 is 0 Å². The summed E-state index contributed by atoms with van der Waals surface area (Å²) >= 11 is 3.56. The molecule has 0 unspecified atom stereocenters. The van der Waals surface area contributed by atoms with Gasteiger partial charge in [-0.05, 0) is 18.6 Å². The molecule has 0 saturated carbocycles. The van der Waals surface area contributed by atoms with Gasteiger partial charge in [-0.1, -0.05) is 58.4 Å². The molecular weight excluding hydrogens is 362 g/mol. The standard InChI is InChI=1S/C18H15BrF2N2/c1-12-10-22-18(14-8-6-13(7-9-14)17(20)21)23(12)11-15-4-2-3-5-16(15)19/h2-10,17H,11H2,1H3. The number of rotatable bonds is 4. The molecule has 0 aliphatic carbocycles. The molecule has 0 bridgehead atoms. The van der Waals surface area contributed by atoms with Crippen LogP contribution in [0.4, 0.5) is 8.78 Å². The lowest BCUT2D eigenvalue weighted by Gasteiger charge is -2.12. The Labute approximate surface area is 141 Å². The van der Waals surface area contributed by atoms with Crippen LogP contribution in [0.5, 0.6) is 0 Å². The van der Waals surface area contributed by atoms with E-state index < -0.39 is 6.43 Å². The molecule has 0 N–H and O–H groups in total. The molecule has 0 saturated heterocycles. The van der Waals surface area contributed by atoms with E-state index in [0.717, 1.165) is 27.1 Å². The van der Waals surface area contributed by atoms with Gasteiger partial charge in [0.2, 0.25) is 0 Å². The summed E-state index contributed by atoms with van der Waals surface area (Å²) in [7, 11) is 0. The monoisotopic (exact) mass is 376 g/mol. The second-order valence-corrected chi connectivity index (χ2v) is 6.18. The third kappa shape index (κ3) is 3.34. The van der Waals surface area contributed by atoms with Gasteiger partial charge in [0.15, 0.2) is 0 Å². The Balaban J connectivity index is 1.97. The molecule has 3 aromatic rings. The third-order valence-electron chi connectivity index (χ3n) is 3.76. The maximum absolute atomic E-state index is 12.7. The van der Waals surface area contributed by atoms with Crippen molar-refractivity contribution in [1.82, 2.24) is 9.55 Å². The highest BCUT2D eigenvalue weighted by molar-refractivity contribution is 9.10. The molecule has 0 spiro atoms. The molecule has 2 aromatic carbocycles. The highest BCUT2D eigenvalue weighted by Gasteiger charge is 2.12. The van der Waals surface area contributed by atoms with Crippen molar-refractivity contribution in [3.05, 3.63) is 76.0 Å². The van der Waals surface area contributed by atoms with Crippen LogP contribution in [-0.4, -0.2) is 9.55 Å². The Kier molecular flexibility index (Phi) is 4.57. The molecule has 0 amide bonds. The molecule has 1 heterocycles. The Morgan fingerprint density at radius 1 is 1.09 bits per heavy atom. The van der Waals surface area contributed by atoms with E-state index in [-0.39, 0.29) is 5.56 Å². The van der Waals surface area contributed by atoms with E-state index in [4.69, 9.17) is 0 Å². The second kappa shape index (κ2) is 6.62. The summed E-state index contributed by atoms with van der Waals surface area (Å²) in [5.74, 6) is 0.777. The van der Waals surface area contributed by atoms with Crippen molar-refractivity contribution in [2.24, 2.45) is 0 Å². The molecule has 0 aliphatic rings. The van der Waals surface area contributed by atoms with Gasteiger partial charge in [-0.2, -0.15) is 0 Å². The summed E-state index contributed by atoms with van der Waals surface area (Å²) in [5, 5.41) is 0. The molecule has 23 heavy (non-hydrogen) atoms. The number of hydrogen-bond donors (Lipinski definition) is 0. The number of nitrogens with zero attached hydrogens (tertiary/aromatic N) is 2. The zero-order valence-electron chi connectivity index (χ0n) is 12.5. The molecule has 118 valence electrons. The van der Waals surface area contributed by atoms with Crippen LogP contribution in [0.2, 0.25) is 0 Å². The number of aromatic nitrogens is 2. The largest absolute Gasteiger partial charge is 0.324 e. The van der Waals surface area contributed by atoms with Crippen molar-refractivity contribution in [2.45, 2.75) is 19.9 Å². The van der Waals surface area contributed by atoms with Crippen molar-refractivity contribution < 1.29 is 8.78 Å². The van der Waals surface area contributed by atoms with Crippen LogP contribution in [0, 0.1) is 6.92 Å². The van der Waals surface area contributed by atoms with Gasteiger partial charge in [0.05, 0.1) is 6.54 Å². The van der Waals surface area contributed by atoms with E-state index in [0.29, 0.717) is 6.54 Å². The van der Waals surface area contributed by atoms with Crippen LogP contribution in [0.3, 0.4) is 0 Å². The van der Waals surface area contributed by atoms with E-state index in [2.05, 4.69) is 25.5 Å². The third-order valence-corrected chi connectivity index (χ3v) is 4.54. The lowest BCUT2D eigenvalue weighted by Crippen LogP contribution is -2.04. The topological polar surface area (TPSA) is 17.8 Å². The molecule has 0 radical (unpaired) electrons. The average Bonchev–Trinajstić information content (AvgIpc) is 2.91. The van der Waals surface area contributed by atoms with E-state index in [1.807, 2.05) is 31.2 Å². The first-order valence-electron chi connectivity index (χ1n) is 7.20. The first kappa shape index (κ1) is 15.9. The van der Waals surface area contributed by atoms with Gasteiger partial charge in [-0.15, -0.1) is 0 Å². The summed E-state index contributed by atoms with van der Waals surface area (Å²) in [5.41, 5.74) is 3.01. The quantitative estimate of drug-likeness (QED) is 0.578. The Hall–Kier alpha value is -2.01. The lowest BCUT2D eigenvalue weighted by molar-refractivity contribution is 0.151. The van der Waals surface area contributed by atoms with Gasteiger partial charge < -0.3 is 4.57 Å². The number of halogens is 3. The highest BCUT2D eigenvalue weighted by Crippen LogP contribution is 2.26. The maximum Gasteiger partial charge on any atom is 0.263 e. The van der Waals surface area contributed by atoms with Gasteiger partial charge in [0, 0.05) is 27.5 Å². The van der Waals surface area contributed by atoms with E-state index in [9.17, 15) is 8.78 Å². The van der Waals surface area contributed by atoms with Crippen LogP contribution >= 0.6 is 15.9 Å². The van der Waals surface area contributed by atoms with Crippen LogP contribution in [0.25, 0.3) is 11.4 Å². The SMILES string of the molecule is Cc1cnc(-c2ccc(C(F)F)cc2)n1Cc1ccccc1Br. The van der Waals surface area contributed by atoms with Gasteiger partial charge in [0.25, 0.3) is 6.43 Å².